The number of hydrogen-bond donors (Lipinski definition) is 3. The van der Waals surface area contributed by atoms with Crippen LogP contribution in [-0.2, 0) is 0 Å². The maximum absolute atomic E-state index is 12.3. The van der Waals surface area contributed by atoms with E-state index in [9.17, 15) is 14.9 Å². The van der Waals surface area contributed by atoms with Crippen molar-refractivity contribution in [3.05, 3.63) is 56.5 Å². The van der Waals surface area contributed by atoms with Gasteiger partial charge in [0.2, 0.25) is 5.82 Å². The van der Waals surface area contributed by atoms with Crippen molar-refractivity contribution in [3.63, 3.8) is 0 Å². The number of halogens is 1. The Kier molecular flexibility index (Phi) is 4.89. The summed E-state index contributed by atoms with van der Waals surface area (Å²) in [6, 6.07) is 9.05. The van der Waals surface area contributed by atoms with E-state index in [1.165, 1.54) is 6.07 Å². The molecular weight excluding hydrogens is 406 g/mol. The first-order chi connectivity index (χ1) is 12.4. The van der Waals surface area contributed by atoms with Crippen LogP contribution in [-0.4, -0.2) is 31.6 Å². The molecule has 0 saturated carbocycles. The van der Waals surface area contributed by atoms with Gasteiger partial charge >= 0.3 is 6.03 Å². The molecule has 0 saturated heterocycles. The molecule has 1 aromatic heterocycles. The average molecular weight is 418 g/mol. The summed E-state index contributed by atoms with van der Waals surface area (Å²) in [5.74, 6) is 0.313. The smallest absolute Gasteiger partial charge is 0.307 e. The third-order valence-corrected chi connectivity index (χ3v) is 3.97. The van der Waals surface area contributed by atoms with Crippen LogP contribution in [0.4, 0.5) is 21.9 Å². The van der Waals surface area contributed by atoms with Crippen molar-refractivity contribution in [1.82, 2.24) is 20.6 Å². The van der Waals surface area contributed by atoms with Crippen LogP contribution in [0, 0.1) is 17.0 Å². The standard InChI is InChI=1S/C15H12BrN7O3/c1-8-2-4-10(7-13(8)23(25)26)17-15(24)18-12-5-3-9(16)6-11(12)14-19-21-22-20-14/h2-7H,1H3,(H2,17,18,24)(H,19,20,21,22). The first kappa shape index (κ1) is 17.5. The third kappa shape index (κ3) is 3.83. The molecular formula is C15H12BrN7O3. The summed E-state index contributed by atoms with van der Waals surface area (Å²) in [6.45, 7) is 1.63. The molecule has 0 bridgehead atoms. The van der Waals surface area contributed by atoms with Gasteiger partial charge in [-0.2, -0.15) is 5.21 Å². The summed E-state index contributed by atoms with van der Waals surface area (Å²) in [5.41, 5.74) is 1.75. The van der Waals surface area contributed by atoms with Crippen molar-refractivity contribution in [2.24, 2.45) is 0 Å². The Morgan fingerprint density at radius 1 is 1.23 bits per heavy atom. The molecule has 3 aromatic rings. The van der Waals surface area contributed by atoms with E-state index in [2.05, 4.69) is 47.2 Å². The van der Waals surface area contributed by atoms with E-state index in [4.69, 9.17) is 0 Å². The molecule has 132 valence electrons. The number of aromatic amines is 1. The van der Waals surface area contributed by atoms with Crippen LogP contribution in [0.3, 0.4) is 0 Å². The summed E-state index contributed by atoms with van der Waals surface area (Å²) >= 11 is 3.35. The predicted molar refractivity (Wildman–Crippen MR) is 97.8 cm³/mol. The highest BCUT2D eigenvalue weighted by molar-refractivity contribution is 9.10. The largest absolute Gasteiger partial charge is 0.323 e. The first-order valence-electron chi connectivity index (χ1n) is 7.30. The number of urea groups is 1. The van der Waals surface area contributed by atoms with Crippen molar-refractivity contribution in [2.45, 2.75) is 6.92 Å². The highest BCUT2D eigenvalue weighted by Crippen LogP contribution is 2.28. The lowest BCUT2D eigenvalue weighted by molar-refractivity contribution is -0.385. The van der Waals surface area contributed by atoms with Crippen LogP contribution in [0.2, 0.25) is 0 Å². The Labute approximate surface area is 155 Å². The summed E-state index contributed by atoms with van der Waals surface area (Å²) in [6.07, 6.45) is 0. The quantitative estimate of drug-likeness (QED) is 0.438. The molecule has 0 spiro atoms. The van der Waals surface area contributed by atoms with Crippen molar-refractivity contribution in [3.8, 4) is 11.4 Å². The van der Waals surface area contributed by atoms with Crippen molar-refractivity contribution >= 4 is 39.0 Å². The van der Waals surface area contributed by atoms with Gasteiger partial charge in [-0.05, 0) is 36.4 Å². The number of H-pyrrole nitrogens is 1. The van der Waals surface area contributed by atoms with Gasteiger partial charge in [-0.1, -0.05) is 22.0 Å². The van der Waals surface area contributed by atoms with Gasteiger partial charge in [0.05, 0.1) is 10.6 Å². The van der Waals surface area contributed by atoms with Crippen LogP contribution in [0.5, 0.6) is 0 Å². The van der Waals surface area contributed by atoms with E-state index in [-0.39, 0.29) is 5.69 Å². The number of amides is 2. The Balaban J connectivity index is 1.81. The molecule has 1 heterocycles. The van der Waals surface area contributed by atoms with E-state index >= 15 is 0 Å². The number of tetrazole rings is 1. The molecule has 0 radical (unpaired) electrons. The number of nitrogens with one attached hydrogen (secondary N) is 3. The zero-order valence-electron chi connectivity index (χ0n) is 13.4. The number of rotatable bonds is 4. The minimum Gasteiger partial charge on any atom is -0.307 e. The number of carbonyl (C=O) groups excluding carboxylic acids is 1. The Morgan fingerprint density at radius 3 is 2.73 bits per heavy atom. The zero-order valence-corrected chi connectivity index (χ0v) is 14.9. The molecule has 3 N–H and O–H groups in total. The Hall–Kier alpha value is -3.34. The Morgan fingerprint density at radius 2 is 2.04 bits per heavy atom. The number of carbonyl (C=O) groups is 1. The molecule has 0 aliphatic rings. The van der Waals surface area contributed by atoms with Crippen LogP contribution in [0.25, 0.3) is 11.4 Å². The van der Waals surface area contributed by atoms with Crippen molar-refractivity contribution in [2.75, 3.05) is 10.6 Å². The van der Waals surface area contributed by atoms with Crippen LogP contribution in [0.15, 0.2) is 40.9 Å². The fourth-order valence-corrected chi connectivity index (χ4v) is 2.62. The van der Waals surface area contributed by atoms with Crippen LogP contribution < -0.4 is 10.6 Å². The maximum Gasteiger partial charge on any atom is 0.323 e. The fraction of sp³-hybridized carbons (Fsp3) is 0.0667. The molecule has 3 rings (SSSR count). The molecule has 11 heteroatoms. The minimum absolute atomic E-state index is 0.0704. The topological polar surface area (TPSA) is 139 Å². The number of aromatic nitrogens is 4. The van der Waals surface area contributed by atoms with Crippen molar-refractivity contribution in [1.29, 1.82) is 0 Å². The number of benzene rings is 2. The molecule has 2 amide bonds. The van der Waals surface area contributed by atoms with Gasteiger partial charge in [-0.25, -0.2) is 4.79 Å². The second kappa shape index (κ2) is 7.27. The molecule has 26 heavy (non-hydrogen) atoms. The first-order valence-corrected chi connectivity index (χ1v) is 8.10. The maximum atomic E-state index is 12.3. The average Bonchev–Trinajstić information content (AvgIpc) is 3.12. The minimum atomic E-state index is -0.560. The lowest BCUT2D eigenvalue weighted by Crippen LogP contribution is -2.20. The summed E-state index contributed by atoms with van der Waals surface area (Å²) in [5, 5.41) is 29.9. The lowest BCUT2D eigenvalue weighted by Gasteiger charge is -2.11. The summed E-state index contributed by atoms with van der Waals surface area (Å²) in [7, 11) is 0. The van der Waals surface area contributed by atoms with Crippen LogP contribution >= 0.6 is 15.9 Å². The highest BCUT2D eigenvalue weighted by Gasteiger charge is 2.15. The van der Waals surface area contributed by atoms with Gasteiger partial charge in [0.15, 0.2) is 0 Å². The normalized spacial score (nSPS) is 10.4. The molecule has 0 unspecified atom stereocenters. The van der Waals surface area contributed by atoms with E-state index in [0.717, 1.165) is 4.47 Å². The second-order valence-electron chi connectivity index (χ2n) is 5.26. The number of nitro benzene ring substituents is 1. The SMILES string of the molecule is Cc1ccc(NC(=O)Nc2ccc(Br)cc2-c2nn[nH]n2)cc1[N+](=O)[O-]. The number of nitrogens with zero attached hydrogens (tertiary/aromatic N) is 4. The number of anilines is 2. The van der Waals surface area contributed by atoms with Gasteiger partial charge < -0.3 is 10.6 Å². The summed E-state index contributed by atoms with van der Waals surface area (Å²) in [4.78, 5) is 22.8. The van der Waals surface area contributed by atoms with Crippen LogP contribution in [0.1, 0.15) is 5.56 Å². The molecule has 0 aliphatic heterocycles. The second-order valence-corrected chi connectivity index (χ2v) is 6.18. The van der Waals surface area contributed by atoms with E-state index in [0.29, 0.717) is 28.3 Å². The van der Waals surface area contributed by atoms with Gasteiger partial charge in [0, 0.05) is 27.4 Å². The summed E-state index contributed by atoms with van der Waals surface area (Å²) < 4.78 is 0.775. The van der Waals surface area contributed by atoms with Gasteiger partial charge in [-0.15, -0.1) is 10.2 Å². The van der Waals surface area contributed by atoms with E-state index < -0.39 is 11.0 Å². The van der Waals surface area contributed by atoms with Gasteiger partial charge in [0.25, 0.3) is 5.69 Å². The predicted octanol–water partition coefficient (Wildman–Crippen LogP) is 3.49. The molecule has 2 aromatic carbocycles. The van der Waals surface area contributed by atoms with E-state index in [1.54, 1.807) is 37.3 Å². The monoisotopic (exact) mass is 417 g/mol. The third-order valence-electron chi connectivity index (χ3n) is 3.48. The molecule has 0 atom stereocenters. The highest BCUT2D eigenvalue weighted by atomic mass is 79.9. The van der Waals surface area contributed by atoms with E-state index in [1.807, 2.05) is 0 Å². The van der Waals surface area contributed by atoms with Gasteiger partial charge in [-0.3, -0.25) is 10.1 Å². The Bertz CT molecular complexity index is 975. The van der Waals surface area contributed by atoms with Crippen molar-refractivity contribution < 1.29 is 9.72 Å². The van der Waals surface area contributed by atoms with Gasteiger partial charge in [0.1, 0.15) is 0 Å². The molecule has 0 fully saturated rings. The molecule has 0 aliphatic carbocycles. The fourth-order valence-electron chi connectivity index (χ4n) is 2.25. The number of nitro groups is 1. The molecule has 10 nitrogen and oxygen atoms in total. The lowest BCUT2D eigenvalue weighted by atomic mass is 10.1. The number of aryl methyl sites for hydroxylation is 1. The zero-order chi connectivity index (χ0) is 18.7. The number of hydrogen-bond acceptors (Lipinski definition) is 6.